The lowest BCUT2D eigenvalue weighted by Gasteiger charge is -2.39. The standard InChI is InChI=1S/C32H35N2O3PS/c1-2-3-25-39(36,37)33-29-21-13-14-22-32(29)38(35,28-19-11-6-12-20-28)34-30(26-15-7-4-8-16-26)23-24-31(34)27-17-9-5-10-18-27/h4-22,30-31,33H,2-3,23-25H2,1H3/t30-,31-,38?/m1/s1. The van der Waals surface area contributed by atoms with Crippen LogP contribution in [0.3, 0.4) is 0 Å². The van der Waals surface area contributed by atoms with E-state index in [4.69, 9.17) is 0 Å². The molecule has 0 bridgehead atoms. The second-order valence-corrected chi connectivity index (χ2v) is 14.5. The smallest absolute Gasteiger partial charge is 0.232 e. The van der Waals surface area contributed by atoms with E-state index in [0.717, 1.165) is 30.4 Å². The van der Waals surface area contributed by atoms with Crippen LogP contribution in [0.1, 0.15) is 55.8 Å². The van der Waals surface area contributed by atoms with Crippen molar-refractivity contribution in [2.45, 2.75) is 44.7 Å². The molecule has 0 spiro atoms. The topological polar surface area (TPSA) is 66.5 Å². The van der Waals surface area contributed by atoms with Gasteiger partial charge in [-0.05, 0) is 54.7 Å². The molecule has 1 aliphatic rings. The first-order valence-corrected chi connectivity index (χ1v) is 16.9. The zero-order valence-corrected chi connectivity index (χ0v) is 23.9. The van der Waals surface area contributed by atoms with Crippen molar-refractivity contribution < 1.29 is 13.0 Å². The highest BCUT2D eigenvalue weighted by molar-refractivity contribution is 7.92. The first-order chi connectivity index (χ1) is 18.9. The van der Waals surface area contributed by atoms with Gasteiger partial charge in [-0.2, -0.15) is 0 Å². The predicted octanol–water partition coefficient (Wildman–Crippen LogP) is 7.04. The number of hydrogen-bond donors (Lipinski definition) is 1. The number of nitrogens with one attached hydrogen (secondary N) is 1. The second kappa shape index (κ2) is 11.9. The third kappa shape index (κ3) is 5.74. The molecule has 4 aromatic carbocycles. The molecule has 1 aliphatic heterocycles. The van der Waals surface area contributed by atoms with Gasteiger partial charge in [-0.1, -0.05) is 104 Å². The lowest BCUT2D eigenvalue weighted by molar-refractivity contribution is 0.337. The molecule has 0 saturated carbocycles. The highest BCUT2D eigenvalue weighted by atomic mass is 32.2. The van der Waals surface area contributed by atoms with E-state index in [-0.39, 0.29) is 17.8 Å². The van der Waals surface area contributed by atoms with Crippen molar-refractivity contribution in [3.8, 4) is 0 Å². The van der Waals surface area contributed by atoms with Gasteiger partial charge >= 0.3 is 0 Å². The van der Waals surface area contributed by atoms with Gasteiger partial charge in [-0.25, -0.2) is 13.1 Å². The number of nitrogens with zero attached hydrogens (tertiary/aromatic N) is 1. The highest BCUT2D eigenvalue weighted by Gasteiger charge is 2.48. The number of anilines is 1. The van der Waals surface area contributed by atoms with Crippen LogP contribution in [0.2, 0.25) is 0 Å². The fourth-order valence-electron chi connectivity index (χ4n) is 5.58. The normalized spacial score (nSPS) is 19.4. The molecular weight excluding hydrogens is 523 g/mol. The Labute approximate surface area is 232 Å². The van der Waals surface area contributed by atoms with Crippen molar-refractivity contribution in [1.29, 1.82) is 0 Å². The molecule has 202 valence electrons. The van der Waals surface area contributed by atoms with Gasteiger partial charge in [0.15, 0.2) is 0 Å². The molecule has 0 amide bonds. The van der Waals surface area contributed by atoms with Crippen molar-refractivity contribution in [3.63, 3.8) is 0 Å². The number of hydrogen-bond acceptors (Lipinski definition) is 3. The zero-order chi connectivity index (χ0) is 27.3. The predicted molar refractivity (Wildman–Crippen MR) is 162 cm³/mol. The van der Waals surface area contributed by atoms with Gasteiger partial charge in [0.25, 0.3) is 0 Å². The number of benzene rings is 4. The summed E-state index contributed by atoms with van der Waals surface area (Å²) in [6, 6.07) is 37.0. The minimum Gasteiger partial charge on any atom is -0.296 e. The summed E-state index contributed by atoms with van der Waals surface area (Å²) in [6.07, 6.45) is 3.01. The molecule has 1 N–H and O–H groups in total. The highest BCUT2D eigenvalue weighted by Crippen LogP contribution is 2.62. The minimum atomic E-state index is -3.61. The van der Waals surface area contributed by atoms with E-state index in [1.807, 2.05) is 85.8 Å². The molecule has 39 heavy (non-hydrogen) atoms. The molecule has 1 saturated heterocycles. The maximum Gasteiger partial charge on any atom is 0.232 e. The molecule has 0 aromatic heterocycles. The van der Waals surface area contributed by atoms with E-state index < -0.39 is 17.3 Å². The van der Waals surface area contributed by atoms with Crippen LogP contribution in [-0.2, 0) is 14.6 Å². The molecule has 1 unspecified atom stereocenters. The Morgan fingerprint density at radius 1 is 0.744 bits per heavy atom. The van der Waals surface area contributed by atoms with Crippen molar-refractivity contribution in [3.05, 3.63) is 126 Å². The van der Waals surface area contributed by atoms with Gasteiger partial charge in [0.05, 0.1) is 16.7 Å². The van der Waals surface area contributed by atoms with Gasteiger partial charge in [0.1, 0.15) is 0 Å². The first kappa shape index (κ1) is 27.4. The Kier molecular flexibility index (Phi) is 8.37. The summed E-state index contributed by atoms with van der Waals surface area (Å²) >= 11 is 0. The van der Waals surface area contributed by atoms with E-state index in [1.165, 1.54) is 0 Å². The van der Waals surface area contributed by atoms with Crippen molar-refractivity contribution in [2.75, 3.05) is 10.5 Å². The molecule has 7 heteroatoms. The summed E-state index contributed by atoms with van der Waals surface area (Å²) in [5.41, 5.74) is 2.59. The van der Waals surface area contributed by atoms with E-state index in [9.17, 15) is 8.42 Å². The first-order valence-electron chi connectivity index (χ1n) is 13.6. The van der Waals surface area contributed by atoms with Crippen LogP contribution in [-0.4, -0.2) is 18.8 Å². The largest absolute Gasteiger partial charge is 0.296 e. The third-order valence-electron chi connectivity index (χ3n) is 7.41. The van der Waals surface area contributed by atoms with Crippen LogP contribution in [0.25, 0.3) is 0 Å². The Hall–Kier alpha value is -3.18. The van der Waals surface area contributed by atoms with Gasteiger partial charge in [-0.15, -0.1) is 0 Å². The summed E-state index contributed by atoms with van der Waals surface area (Å²) in [6.45, 7) is 1.97. The monoisotopic (exact) mass is 558 g/mol. The minimum absolute atomic E-state index is 0.0243. The number of sulfonamides is 1. The van der Waals surface area contributed by atoms with Gasteiger partial charge in [0, 0.05) is 17.4 Å². The SMILES string of the molecule is CCCCS(=O)(=O)Nc1ccccc1P(=O)(c1ccccc1)N1[C@@H](c2ccccc2)CC[C@@H]1c1ccccc1. The average Bonchev–Trinajstić information content (AvgIpc) is 3.43. The molecule has 3 atom stereocenters. The Morgan fingerprint density at radius 3 is 1.77 bits per heavy atom. The van der Waals surface area contributed by atoms with Crippen molar-refractivity contribution in [2.24, 2.45) is 0 Å². The Morgan fingerprint density at radius 2 is 1.23 bits per heavy atom. The number of rotatable bonds is 10. The van der Waals surface area contributed by atoms with Gasteiger partial charge < -0.3 is 0 Å². The zero-order valence-electron chi connectivity index (χ0n) is 22.2. The molecule has 1 fully saturated rings. The maximum atomic E-state index is 16.0. The lowest BCUT2D eigenvalue weighted by atomic mass is 10.0. The van der Waals surface area contributed by atoms with Crippen LogP contribution < -0.4 is 15.3 Å². The van der Waals surface area contributed by atoms with Crippen LogP contribution in [0.4, 0.5) is 5.69 Å². The van der Waals surface area contributed by atoms with E-state index in [1.54, 1.807) is 12.1 Å². The molecule has 5 rings (SSSR count). The second-order valence-electron chi connectivity index (χ2n) is 10.0. The van der Waals surface area contributed by atoms with Gasteiger partial charge in [-0.3, -0.25) is 9.29 Å². The summed E-state index contributed by atoms with van der Waals surface area (Å²) < 4.78 is 47.1. The van der Waals surface area contributed by atoms with Crippen molar-refractivity contribution >= 4 is 33.6 Å². The molecule has 5 nitrogen and oxygen atoms in total. The quantitative estimate of drug-likeness (QED) is 0.212. The van der Waals surface area contributed by atoms with Gasteiger partial charge in [0.2, 0.25) is 17.3 Å². The van der Waals surface area contributed by atoms with Crippen LogP contribution in [0.15, 0.2) is 115 Å². The van der Waals surface area contributed by atoms with Crippen molar-refractivity contribution in [1.82, 2.24) is 4.67 Å². The van der Waals surface area contributed by atoms with Crippen LogP contribution >= 0.6 is 7.29 Å². The Balaban J connectivity index is 1.73. The summed E-state index contributed by atoms with van der Waals surface area (Å²) in [5.74, 6) is 0.0243. The van der Waals surface area contributed by atoms with Crippen LogP contribution in [0.5, 0.6) is 0 Å². The maximum absolute atomic E-state index is 16.0. The fourth-order valence-corrected chi connectivity index (χ4v) is 10.3. The Bertz CT molecular complexity index is 1480. The molecule has 0 radical (unpaired) electrons. The van der Waals surface area contributed by atoms with E-state index >= 15 is 4.57 Å². The molecular formula is C32H35N2O3PS. The van der Waals surface area contributed by atoms with E-state index in [0.29, 0.717) is 22.7 Å². The van der Waals surface area contributed by atoms with E-state index in [2.05, 4.69) is 33.7 Å². The molecule has 4 aromatic rings. The molecule has 1 heterocycles. The average molecular weight is 559 g/mol. The fraction of sp³-hybridized carbons (Fsp3) is 0.250. The summed E-state index contributed by atoms with van der Waals surface area (Å²) in [4.78, 5) is 0. The lowest BCUT2D eigenvalue weighted by Crippen LogP contribution is -2.35. The third-order valence-corrected chi connectivity index (χ3v) is 12.0. The van der Waals surface area contributed by atoms with Crippen LogP contribution in [0, 0.1) is 0 Å². The summed E-state index contributed by atoms with van der Waals surface area (Å²) in [7, 11) is -7.16. The number of unbranched alkanes of at least 4 members (excludes halogenated alkanes) is 1. The number of para-hydroxylation sites is 1. The molecule has 0 aliphatic carbocycles. The summed E-state index contributed by atoms with van der Waals surface area (Å²) in [5, 5.41) is 1.20.